The molecular formula is C20H32N2O4Si. The Labute approximate surface area is 163 Å². The molecule has 1 aliphatic rings. The van der Waals surface area contributed by atoms with Gasteiger partial charge in [-0.3, -0.25) is 4.98 Å². The maximum absolute atomic E-state index is 9.42. The van der Waals surface area contributed by atoms with Crippen LogP contribution in [0.4, 0.5) is 0 Å². The summed E-state index contributed by atoms with van der Waals surface area (Å²) in [4.78, 5) is 4.40. The van der Waals surface area contributed by atoms with E-state index in [0.717, 1.165) is 31.6 Å². The predicted octanol–water partition coefficient (Wildman–Crippen LogP) is 4.40. The molecule has 2 heterocycles. The molecule has 0 bridgehead atoms. The van der Waals surface area contributed by atoms with Crippen molar-refractivity contribution in [1.29, 1.82) is 5.26 Å². The topological polar surface area (TPSA) is 73.6 Å². The number of rotatable bonds is 8. The molecule has 2 rings (SSSR count). The molecule has 1 aliphatic heterocycles. The quantitative estimate of drug-likeness (QED) is 0.482. The third-order valence-electron chi connectivity index (χ3n) is 5.21. The molecule has 1 saturated heterocycles. The zero-order valence-electron chi connectivity index (χ0n) is 17.2. The molecule has 1 fully saturated rings. The third-order valence-corrected chi connectivity index (χ3v) is 9.69. The van der Waals surface area contributed by atoms with Crippen molar-refractivity contribution >= 4 is 8.32 Å². The van der Waals surface area contributed by atoms with Gasteiger partial charge in [-0.1, -0.05) is 20.8 Å². The average molecular weight is 393 g/mol. The molecule has 1 aromatic rings. The van der Waals surface area contributed by atoms with Crippen LogP contribution in [0.3, 0.4) is 0 Å². The molecule has 0 saturated carbocycles. The van der Waals surface area contributed by atoms with E-state index >= 15 is 0 Å². The highest BCUT2D eigenvalue weighted by Gasteiger charge is 2.37. The van der Waals surface area contributed by atoms with E-state index in [-0.39, 0.29) is 11.3 Å². The van der Waals surface area contributed by atoms with Crippen molar-refractivity contribution in [2.45, 2.75) is 71.1 Å². The number of nitrogens with zero attached hydrogens (tertiary/aromatic N) is 2. The Kier molecular flexibility index (Phi) is 7.80. The van der Waals surface area contributed by atoms with Gasteiger partial charge in [-0.25, -0.2) is 0 Å². The van der Waals surface area contributed by atoms with Crippen molar-refractivity contribution in [3.63, 3.8) is 0 Å². The van der Waals surface area contributed by atoms with Crippen LogP contribution in [-0.4, -0.2) is 39.4 Å². The second-order valence-corrected chi connectivity index (χ2v) is 13.2. The maximum Gasteiger partial charge on any atom is 0.192 e. The van der Waals surface area contributed by atoms with Gasteiger partial charge in [-0.15, -0.1) is 0 Å². The predicted molar refractivity (Wildman–Crippen MR) is 106 cm³/mol. The third kappa shape index (κ3) is 6.57. The van der Waals surface area contributed by atoms with Gasteiger partial charge in [0.05, 0.1) is 30.7 Å². The van der Waals surface area contributed by atoms with Gasteiger partial charge >= 0.3 is 0 Å². The van der Waals surface area contributed by atoms with Crippen LogP contribution in [0.2, 0.25) is 18.1 Å². The molecule has 0 radical (unpaired) electrons. The minimum absolute atomic E-state index is 0.134. The molecule has 0 aliphatic carbocycles. The van der Waals surface area contributed by atoms with Gasteiger partial charge in [0.25, 0.3) is 0 Å². The summed E-state index contributed by atoms with van der Waals surface area (Å²) in [6.07, 6.45) is 4.62. The smallest absolute Gasteiger partial charge is 0.192 e. The number of pyridine rings is 1. The normalized spacial score (nSPS) is 18.1. The summed E-state index contributed by atoms with van der Waals surface area (Å²) in [5, 5.41) is 9.55. The van der Waals surface area contributed by atoms with Gasteiger partial charge in [-0.05, 0) is 43.5 Å². The minimum atomic E-state index is -1.85. The molecule has 0 amide bonds. The van der Waals surface area contributed by atoms with Crippen LogP contribution < -0.4 is 4.74 Å². The van der Waals surface area contributed by atoms with Gasteiger partial charge in [-0.2, -0.15) is 5.26 Å². The first-order chi connectivity index (χ1) is 12.7. The standard InChI is InChI=1S/C20H32N2O4Si/c1-20(2,3)27(4,5)26-15-17-12-16(13-21)18(14-22-17)23-10-11-25-19-8-6-7-9-24-19/h12,14,19H,6-11,15H2,1-5H3. The average Bonchev–Trinajstić information content (AvgIpc) is 2.64. The molecule has 1 unspecified atom stereocenters. The van der Waals surface area contributed by atoms with E-state index in [9.17, 15) is 5.26 Å². The highest BCUT2D eigenvalue weighted by molar-refractivity contribution is 6.74. The van der Waals surface area contributed by atoms with E-state index < -0.39 is 8.32 Å². The van der Waals surface area contributed by atoms with Gasteiger partial charge in [0.15, 0.2) is 20.4 Å². The number of nitriles is 1. The largest absolute Gasteiger partial charge is 0.488 e. The number of ether oxygens (including phenoxy) is 3. The second kappa shape index (κ2) is 9.65. The van der Waals surface area contributed by atoms with Crippen LogP contribution in [-0.2, 0) is 20.5 Å². The van der Waals surface area contributed by atoms with E-state index in [0.29, 0.717) is 31.1 Å². The van der Waals surface area contributed by atoms with E-state index in [2.05, 4.69) is 44.9 Å². The van der Waals surface area contributed by atoms with Crippen LogP contribution in [0.25, 0.3) is 0 Å². The lowest BCUT2D eigenvalue weighted by Crippen LogP contribution is -2.40. The van der Waals surface area contributed by atoms with Gasteiger partial charge in [0.1, 0.15) is 12.7 Å². The molecule has 0 N–H and O–H groups in total. The lowest BCUT2D eigenvalue weighted by atomic mass is 10.2. The second-order valence-electron chi connectivity index (χ2n) is 8.35. The zero-order chi connectivity index (χ0) is 19.9. The fourth-order valence-electron chi connectivity index (χ4n) is 2.41. The fourth-order valence-corrected chi connectivity index (χ4v) is 3.35. The van der Waals surface area contributed by atoms with Crippen molar-refractivity contribution in [2.24, 2.45) is 0 Å². The summed E-state index contributed by atoms with van der Waals surface area (Å²) in [6, 6.07) is 3.92. The Morgan fingerprint density at radius 3 is 2.70 bits per heavy atom. The van der Waals surface area contributed by atoms with Crippen molar-refractivity contribution in [1.82, 2.24) is 4.98 Å². The highest BCUT2D eigenvalue weighted by atomic mass is 28.4. The SMILES string of the molecule is CC(C)(C)[Si](C)(C)OCc1cc(C#N)c(OCCOC2CCCCO2)cn1. The summed E-state index contributed by atoms with van der Waals surface area (Å²) >= 11 is 0. The molecule has 0 aromatic carbocycles. The molecule has 0 spiro atoms. The molecule has 150 valence electrons. The molecule has 27 heavy (non-hydrogen) atoms. The van der Waals surface area contributed by atoms with Crippen molar-refractivity contribution in [3.8, 4) is 11.8 Å². The van der Waals surface area contributed by atoms with E-state index in [1.54, 1.807) is 12.3 Å². The Hall–Kier alpha value is -1.46. The molecule has 1 atom stereocenters. The van der Waals surface area contributed by atoms with E-state index in [4.69, 9.17) is 18.6 Å². The highest BCUT2D eigenvalue weighted by Crippen LogP contribution is 2.37. The molecule has 7 heteroatoms. The van der Waals surface area contributed by atoms with Gasteiger partial charge < -0.3 is 18.6 Å². The molecule has 6 nitrogen and oxygen atoms in total. The fraction of sp³-hybridized carbons (Fsp3) is 0.700. The number of hydrogen-bond donors (Lipinski definition) is 0. The summed E-state index contributed by atoms with van der Waals surface area (Å²) in [7, 11) is -1.85. The first-order valence-electron chi connectivity index (χ1n) is 9.62. The Bertz CT molecular complexity index is 646. The Morgan fingerprint density at radius 2 is 2.07 bits per heavy atom. The van der Waals surface area contributed by atoms with Crippen molar-refractivity contribution < 1.29 is 18.6 Å². The van der Waals surface area contributed by atoms with Crippen LogP contribution in [0.5, 0.6) is 5.75 Å². The lowest BCUT2D eigenvalue weighted by Gasteiger charge is -2.36. The Morgan fingerprint density at radius 1 is 1.30 bits per heavy atom. The monoisotopic (exact) mass is 392 g/mol. The first kappa shape index (κ1) is 21.8. The van der Waals surface area contributed by atoms with Crippen LogP contribution >= 0.6 is 0 Å². The number of aromatic nitrogens is 1. The summed E-state index contributed by atoms with van der Waals surface area (Å²) in [5.74, 6) is 0.474. The molecule has 1 aromatic heterocycles. The van der Waals surface area contributed by atoms with Crippen LogP contribution in [0, 0.1) is 11.3 Å². The van der Waals surface area contributed by atoms with Crippen molar-refractivity contribution in [2.75, 3.05) is 19.8 Å². The summed E-state index contributed by atoms with van der Waals surface area (Å²) < 4.78 is 23.0. The van der Waals surface area contributed by atoms with Crippen LogP contribution in [0.15, 0.2) is 12.3 Å². The summed E-state index contributed by atoms with van der Waals surface area (Å²) in [6.45, 7) is 12.9. The van der Waals surface area contributed by atoms with E-state index in [1.807, 2.05) is 0 Å². The first-order valence-corrected chi connectivity index (χ1v) is 12.5. The van der Waals surface area contributed by atoms with E-state index in [1.165, 1.54) is 0 Å². The minimum Gasteiger partial charge on any atom is -0.488 e. The Balaban J connectivity index is 1.85. The lowest BCUT2D eigenvalue weighted by molar-refractivity contribution is -0.165. The zero-order valence-corrected chi connectivity index (χ0v) is 18.2. The maximum atomic E-state index is 9.42. The van der Waals surface area contributed by atoms with Gasteiger partial charge in [0.2, 0.25) is 0 Å². The summed E-state index contributed by atoms with van der Waals surface area (Å²) in [5.41, 5.74) is 1.21. The van der Waals surface area contributed by atoms with Crippen molar-refractivity contribution in [3.05, 3.63) is 23.5 Å². The van der Waals surface area contributed by atoms with Crippen LogP contribution in [0.1, 0.15) is 51.3 Å². The number of hydrogen-bond acceptors (Lipinski definition) is 6. The molecular weight excluding hydrogens is 360 g/mol. The van der Waals surface area contributed by atoms with Gasteiger partial charge in [0, 0.05) is 6.61 Å².